The van der Waals surface area contributed by atoms with E-state index >= 15 is 0 Å². The van der Waals surface area contributed by atoms with Crippen LogP contribution in [0.4, 0.5) is 5.69 Å². The van der Waals surface area contributed by atoms with E-state index in [1.807, 2.05) is 36.1 Å². The Kier molecular flexibility index (Phi) is 5.98. The van der Waals surface area contributed by atoms with Gasteiger partial charge in [-0.1, -0.05) is 0 Å². The number of hydrogen-bond donors (Lipinski definition) is 2. The zero-order valence-electron chi connectivity index (χ0n) is 12.0. The molecular formula is C14H21ClN4O. The van der Waals surface area contributed by atoms with Crippen molar-refractivity contribution in [3.8, 4) is 0 Å². The molecule has 20 heavy (non-hydrogen) atoms. The van der Waals surface area contributed by atoms with Crippen LogP contribution in [-0.2, 0) is 4.79 Å². The molecule has 5 nitrogen and oxygen atoms in total. The maximum absolute atomic E-state index is 11.7. The third-order valence-corrected chi connectivity index (χ3v) is 2.97. The number of fused-ring (bicyclic) bond motifs is 1. The van der Waals surface area contributed by atoms with Gasteiger partial charge >= 0.3 is 0 Å². The van der Waals surface area contributed by atoms with Gasteiger partial charge in [-0.2, -0.15) is 5.10 Å². The van der Waals surface area contributed by atoms with Crippen LogP contribution in [0.1, 0.15) is 26.3 Å². The lowest BCUT2D eigenvalue weighted by molar-refractivity contribution is -0.116. The summed E-state index contributed by atoms with van der Waals surface area (Å²) in [6, 6.07) is 6.16. The Morgan fingerprint density at radius 1 is 1.40 bits per heavy atom. The molecule has 0 saturated heterocycles. The fraction of sp³-hybridized carbons (Fsp3) is 0.429. The van der Waals surface area contributed by atoms with E-state index in [0.717, 1.165) is 16.6 Å². The SMILES string of the molecule is CNCCC(=O)Nc1ccc2cnn(C(C)C)c2c1.Cl. The van der Waals surface area contributed by atoms with Gasteiger partial charge in [0.1, 0.15) is 0 Å². The minimum Gasteiger partial charge on any atom is -0.326 e. The van der Waals surface area contributed by atoms with Crippen molar-refractivity contribution in [3.05, 3.63) is 24.4 Å². The van der Waals surface area contributed by atoms with Crippen LogP contribution in [0, 0.1) is 0 Å². The van der Waals surface area contributed by atoms with Crippen molar-refractivity contribution in [3.63, 3.8) is 0 Å². The number of carbonyl (C=O) groups excluding carboxylic acids is 1. The Morgan fingerprint density at radius 3 is 2.80 bits per heavy atom. The number of benzene rings is 1. The summed E-state index contributed by atoms with van der Waals surface area (Å²) in [6.45, 7) is 4.85. The smallest absolute Gasteiger partial charge is 0.225 e. The van der Waals surface area contributed by atoms with Gasteiger partial charge in [0, 0.05) is 30.1 Å². The molecule has 0 unspecified atom stereocenters. The predicted molar refractivity (Wildman–Crippen MR) is 84.5 cm³/mol. The van der Waals surface area contributed by atoms with Gasteiger partial charge in [0.15, 0.2) is 0 Å². The van der Waals surface area contributed by atoms with Crippen LogP contribution >= 0.6 is 12.4 Å². The molecule has 1 aromatic heterocycles. The van der Waals surface area contributed by atoms with E-state index in [1.54, 1.807) is 0 Å². The lowest BCUT2D eigenvalue weighted by atomic mass is 10.2. The molecule has 6 heteroatoms. The predicted octanol–water partition coefficient (Wildman–Crippen LogP) is 2.59. The van der Waals surface area contributed by atoms with Gasteiger partial charge in [0.25, 0.3) is 0 Å². The second-order valence-corrected chi connectivity index (χ2v) is 4.86. The third kappa shape index (κ3) is 3.71. The van der Waals surface area contributed by atoms with Gasteiger partial charge in [-0.25, -0.2) is 0 Å². The Morgan fingerprint density at radius 2 is 2.15 bits per heavy atom. The molecule has 2 aromatic rings. The topological polar surface area (TPSA) is 59.0 Å². The number of hydrogen-bond acceptors (Lipinski definition) is 3. The van der Waals surface area contributed by atoms with Crippen molar-refractivity contribution in [2.75, 3.05) is 18.9 Å². The quantitative estimate of drug-likeness (QED) is 0.891. The molecule has 0 aliphatic rings. The Hall–Kier alpha value is -1.59. The van der Waals surface area contributed by atoms with Gasteiger partial charge in [-0.05, 0) is 39.1 Å². The summed E-state index contributed by atoms with van der Waals surface area (Å²) in [4.78, 5) is 11.7. The van der Waals surface area contributed by atoms with Crippen molar-refractivity contribution in [2.45, 2.75) is 26.3 Å². The van der Waals surface area contributed by atoms with E-state index in [2.05, 4.69) is 29.6 Å². The average molecular weight is 297 g/mol. The number of nitrogens with one attached hydrogen (secondary N) is 2. The Bertz CT molecular complexity index is 580. The normalized spacial score (nSPS) is 10.6. The third-order valence-electron chi connectivity index (χ3n) is 2.97. The van der Waals surface area contributed by atoms with Gasteiger partial charge < -0.3 is 10.6 Å². The highest BCUT2D eigenvalue weighted by molar-refractivity contribution is 5.93. The van der Waals surface area contributed by atoms with E-state index in [0.29, 0.717) is 19.0 Å². The number of halogens is 1. The molecule has 1 aromatic carbocycles. The molecule has 0 aliphatic heterocycles. The number of carbonyl (C=O) groups is 1. The summed E-state index contributed by atoms with van der Waals surface area (Å²) in [6.07, 6.45) is 2.32. The fourth-order valence-corrected chi connectivity index (χ4v) is 1.99. The standard InChI is InChI=1S/C14H20N4O.ClH/c1-10(2)18-13-8-12(5-4-11(13)9-16-18)17-14(19)6-7-15-3;/h4-5,8-10,15H,6-7H2,1-3H3,(H,17,19);1H. The number of nitrogens with zero attached hydrogens (tertiary/aromatic N) is 2. The highest BCUT2D eigenvalue weighted by Crippen LogP contribution is 2.21. The molecule has 0 bridgehead atoms. The number of anilines is 1. The molecule has 0 atom stereocenters. The number of aromatic nitrogens is 2. The molecule has 0 fully saturated rings. The Labute approximate surface area is 125 Å². The summed E-state index contributed by atoms with van der Waals surface area (Å²) in [5, 5.41) is 11.3. The maximum Gasteiger partial charge on any atom is 0.225 e. The monoisotopic (exact) mass is 296 g/mol. The van der Waals surface area contributed by atoms with Crippen LogP contribution in [0.5, 0.6) is 0 Å². The minimum atomic E-state index is 0. The van der Waals surface area contributed by atoms with E-state index in [9.17, 15) is 4.79 Å². The first-order valence-electron chi connectivity index (χ1n) is 6.53. The zero-order chi connectivity index (χ0) is 13.8. The summed E-state index contributed by atoms with van der Waals surface area (Å²) < 4.78 is 1.96. The van der Waals surface area contributed by atoms with E-state index in [4.69, 9.17) is 0 Å². The van der Waals surface area contributed by atoms with Crippen LogP contribution in [0.3, 0.4) is 0 Å². The van der Waals surface area contributed by atoms with Crippen LogP contribution in [-0.4, -0.2) is 29.3 Å². The molecule has 1 amide bonds. The highest BCUT2D eigenvalue weighted by Gasteiger charge is 2.08. The summed E-state index contributed by atoms with van der Waals surface area (Å²) in [7, 11) is 1.83. The fourth-order valence-electron chi connectivity index (χ4n) is 1.99. The first-order valence-corrected chi connectivity index (χ1v) is 6.53. The second kappa shape index (κ2) is 7.26. The molecular weight excluding hydrogens is 276 g/mol. The first kappa shape index (κ1) is 16.5. The minimum absolute atomic E-state index is 0. The summed E-state index contributed by atoms with van der Waals surface area (Å²) >= 11 is 0. The van der Waals surface area contributed by atoms with E-state index in [-0.39, 0.29) is 18.3 Å². The van der Waals surface area contributed by atoms with Gasteiger partial charge in [-0.15, -0.1) is 12.4 Å². The highest BCUT2D eigenvalue weighted by atomic mass is 35.5. The number of amides is 1. The van der Waals surface area contributed by atoms with E-state index < -0.39 is 0 Å². The molecule has 0 aliphatic carbocycles. The Balaban J connectivity index is 0.00000200. The van der Waals surface area contributed by atoms with Crippen molar-refractivity contribution < 1.29 is 4.79 Å². The van der Waals surface area contributed by atoms with Crippen molar-refractivity contribution >= 4 is 34.9 Å². The summed E-state index contributed by atoms with van der Waals surface area (Å²) in [5.74, 6) is 0.0179. The molecule has 0 radical (unpaired) electrons. The molecule has 0 spiro atoms. The van der Waals surface area contributed by atoms with Crippen LogP contribution in [0.25, 0.3) is 10.9 Å². The van der Waals surface area contributed by atoms with Crippen LogP contribution in [0.2, 0.25) is 0 Å². The lowest BCUT2D eigenvalue weighted by Crippen LogP contribution is -2.18. The van der Waals surface area contributed by atoms with Crippen molar-refractivity contribution in [1.29, 1.82) is 0 Å². The second-order valence-electron chi connectivity index (χ2n) is 4.86. The molecule has 1 heterocycles. The van der Waals surface area contributed by atoms with Crippen LogP contribution in [0.15, 0.2) is 24.4 Å². The molecule has 2 N–H and O–H groups in total. The first-order chi connectivity index (χ1) is 9.11. The lowest BCUT2D eigenvalue weighted by Gasteiger charge is -2.09. The van der Waals surface area contributed by atoms with Crippen LogP contribution < -0.4 is 10.6 Å². The molecule has 2 rings (SSSR count). The summed E-state index contributed by atoms with van der Waals surface area (Å²) in [5.41, 5.74) is 1.86. The number of rotatable bonds is 5. The maximum atomic E-state index is 11.7. The van der Waals surface area contributed by atoms with Crippen molar-refractivity contribution in [2.24, 2.45) is 0 Å². The van der Waals surface area contributed by atoms with Gasteiger partial charge in [-0.3, -0.25) is 9.48 Å². The van der Waals surface area contributed by atoms with Gasteiger partial charge in [0.2, 0.25) is 5.91 Å². The van der Waals surface area contributed by atoms with Crippen molar-refractivity contribution in [1.82, 2.24) is 15.1 Å². The average Bonchev–Trinajstić information content (AvgIpc) is 2.79. The molecule has 0 saturated carbocycles. The molecule has 110 valence electrons. The largest absolute Gasteiger partial charge is 0.326 e. The zero-order valence-corrected chi connectivity index (χ0v) is 12.8. The van der Waals surface area contributed by atoms with Gasteiger partial charge in [0.05, 0.1) is 11.7 Å². The van der Waals surface area contributed by atoms with E-state index in [1.165, 1.54) is 0 Å².